The fraction of sp³-hybridized carbons (Fsp3) is 0. The molecule has 1 heterocycles. The number of amides is 1. The van der Waals surface area contributed by atoms with E-state index in [1.54, 1.807) is 0 Å². The van der Waals surface area contributed by atoms with E-state index in [2.05, 4.69) is 20.9 Å². The van der Waals surface area contributed by atoms with Crippen LogP contribution in [0.2, 0.25) is 5.15 Å². The minimum Gasteiger partial charge on any atom is -0.317 e. The van der Waals surface area contributed by atoms with Crippen molar-refractivity contribution in [3.8, 4) is 0 Å². The van der Waals surface area contributed by atoms with Gasteiger partial charge in [0.15, 0.2) is 11.6 Å². The molecule has 0 aliphatic rings. The zero-order chi connectivity index (χ0) is 14.9. The lowest BCUT2D eigenvalue weighted by atomic mass is 10.2. The Morgan fingerprint density at radius 3 is 2.40 bits per heavy atom. The fourth-order valence-electron chi connectivity index (χ4n) is 1.42. The third-order valence-electron chi connectivity index (χ3n) is 2.30. The number of carbonyl (C=O) groups excluding carboxylic acids is 1. The molecule has 0 fully saturated rings. The van der Waals surface area contributed by atoms with Gasteiger partial charge in [0, 0.05) is 4.47 Å². The number of carbonyl (C=O) groups is 1. The van der Waals surface area contributed by atoms with E-state index in [-0.39, 0.29) is 15.2 Å². The summed E-state index contributed by atoms with van der Waals surface area (Å²) in [6, 6.07) is 2.77. The minimum absolute atomic E-state index is 0.177. The Morgan fingerprint density at radius 1 is 1.20 bits per heavy atom. The average molecular weight is 366 g/mol. The molecule has 0 unspecified atom stereocenters. The second-order valence-electron chi connectivity index (χ2n) is 3.69. The topological polar surface area (TPSA) is 42.0 Å². The molecule has 0 bridgehead atoms. The largest absolute Gasteiger partial charge is 0.317 e. The molecule has 104 valence electrons. The van der Waals surface area contributed by atoms with Crippen molar-refractivity contribution < 1.29 is 18.0 Å². The number of rotatable bonds is 2. The van der Waals surface area contributed by atoms with E-state index < -0.39 is 29.0 Å². The van der Waals surface area contributed by atoms with Gasteiger partial charge < -0.3 is 5.32 Å². The van der Waals surface area contributed by atoms with Crippen LogP contribution in [-0.2, 0) is 0 Å². The summed E-state index contributed by atoms with van der Waals surface area (Å²) < 4.78 is 40.3. The molecule has 0 radical (unpaired) electrons. The first-order chi connectivity index (χ1) is 9.38. The monoisotopic (exact) mass is 364 g/mol. The molecule has 20 heavy (non-hydrogen) atoms. The summed E-state index contributed by atoms with van der Waals surface area (Å²) in [5, 5.41) is 1.71. The summed E-state index contributed by atoms with van der Waals surface area (Å²) in [5.74, 6) is -3.73. The van der Waals surface area contributed by atoms with Crippen LogP contribution in [0.15, 0.2) is 28.9 Å². The van der Waals surface area contributed by atoms with Crippen molar-refractivity contribution in [2.24, 2.45) is 0 Å². The van der Waals surface area contributed by atoms with Gasteiger partial charge in [0.25, 0.3) is 5.91 Å². The first-order valence-corrected chi connectivity index (χ1v) is 6.32. The minimum atomic E-state index is -0.981. The lowest BCUT2D eigenvalue weighted by molar-refractivity contribution is 0.102. The summed E-state index contributed by atoms with van der Waals surface area (Å²) in [4.78, 5) is 15.3. The van der Waals surface area contributed by atoms with Crippen molar-refractivity contribution >= 4 is 39.1 Å². The van der Waals surface area contributed by atoms with Gasteiger partial charge in [0.05, 0.1) is 11.8 Å². The van der Waals surface area contributed by atoms with Gasteiger partial charge in [-0.3, -0.25) is 4.79 Å². The number of pyridine rings is 1. The number of aromatic nitrogens is 1. The van der Waals surface area contributed by atoms with Crippen LogP contribution in [-0.4, -0.2) is 10.9 Å². The van der Waals surface area contributed by atoms with Crippen molar-refractivity contribution in [3.05, 3.63) is 57.0 Å². The van der Waals surface area contributed by atoms with Crippen LogP contribution in [0.25, 0.3) is 0 Å². The molecule has 0 atom stereocenters. The molecule has 3 nitrogen and oxygen atoms in total. The fourth-order valence-corrected chi connectivity index (χ4v) is 2.02. The molecule has 1 aromatic carbocycles. The van der Waals surface area contributed by atoms with Crippen LogP contribution in [0.3, 0.4) is 0 Å². The SMILES string of the molecule is O=C(Nc1c(F)cc(Br)cc1F)c1cc(F)cnc1Cl. The zero-order valence-electron chi connectivity index (χ0n) is 9.55. The Morgan fingerprint density at radius 2 is 1.80 bits per heavy atom. The maximum atomic E-state index is 13.6. The lowest BCUT2D eigenvalue weighted by Crippen LogP contribution is -2.15. The molecule has 8 heteroatoms. The molecule has 0 spiro atoms. The van der Waals surface area contributed by atoms with Crippen LogP contribution in [0.4, 0.5) is 18.9 Å². The highest BCUT2D eigenvalue weighted by Crippen LogP contribution is 2.25. The van der Waals surface area contributed by atoms with E-state index >= 15 is 0 Å². The normalized spacial score (nSPS) is 10.4. The molecule has 1 aromatic heterocycles. The molecule has 0 aliphatic heterocycles. The Hall–Kier alpha value is -1.60. The molecule has 0 aliphatic carbocycles. The van der Waals surface area contributed by atoms with Gasteiger partial charge in [-0.05, 0) is 18.2 Å². The highest BCUT2D eigenvalue weighted by atomic mass is 79.9. The highest BCUT2D eigenvalue weighted by Gasteiger charge is 2.18. The molecule has 0 saturated carbocycles. The summed E-state index contributed by atoms with van der Waals surface area (Å²) in [6.45, 7) is 0. The number of hydrogen-bond donors (Lipinski definition) is 1. The van der Waals surface area contributed by atoms with Gasteiger partial charge in [0.2, 0.25) is 0 Å². The van der Waals surface area contributed by atoms with Gasteiger partial charge in [-0.15, -0.1) is 0 Å². The van der Waals surface area contributed by atoms with Gasteiger partial charge in [0.1, 0.15) is 16.7 Å². The molecule has 1 amide bonds. The molecular formula is C12H5BrClF3N2O. The first-order valence-electron chi connectivity index (χ1n) is 5.15. The Kier molecular flexibility index (Phi) is 4.29. The van der Waals surface area contributed by atoms with Crippen LogP contribution < -0.4 is 5.32 Å². The molecule has 2 aromatic rings. The van der Waals surface area contributed by atoms with Crippen LogP contribution in [0.5, 0.6) is 0 Å². The lowest BCUT2D eigenvalue weighted by Gasteiger charge is -2.09. The van der Waals surface area contributed by atoms with E-state index in [1.807, 2.05) is 5.32 Å². The summed E-state index contributed by atoms with van der Waals surface area (Å²) in [6.07, 6.45) is 0.819. The van der Waals surface area contributed by atoms with Crippen molar-refractivity contribution in [1.82, 2.24) is 4.98 Å². The van der Waals surface area contributed by atoms with Crippen molar-refractivity contribution in [2.45, 2.75) is 0 Å². The average Bonchev–Trinajstić information content (AvgIpc) is 2.36. The molecule has 1 N–H and O–H groups in total. The maximum absolute atomic E-state index is 13.6. The number of nitrogens with one attached hydrogen (secondary N) is 1. The number of nitrogens with zero attached hydrogens (tertiary/aromatic N) is 1. The Bertz CT molecular complexity index is 673. The molecule has 0 saturated heterocycles. The first kappa shape index (κ1) is 14.8. The summed E-state index contributed by atoms with van der Waals surface area (Å²) in [7, 11) is 0. The van der Waals surface area contributed by atoms with Crippen molar-refractivity contribution in [2.75, 3.05) is 5.32 Å². The van der Waals surface area contributed by atoms with Gasteiger partial charge >= 0.3 is 0 Å². The van der Waals surface area contributed by atoms with E-state index in [1.165, 1.54) is 0 Å². The highest BCUT2D eigenvalue weighted by molar-refractivity contribution is 9.10. The number of halogens is 5. The van der Waals surface area contributed by atoms with E-state index in [4.69, 9.17) is 11.6 Å². The standard InChI is InChI=1S/C12H5BrClF3N2O/c13-5-1-8(16)10(9(17)2-5)19-12(20)7-3-6(15)4-18-11(7)14/h1-4H,(H,19,20). The van der Waals surface area contributed by atoms with E-state index in [0.717, 1.165) is 24.4 Å². The summed E-state index contributed by atoms with van der Waals surface area (Å²) in [5.41, 5.74) is -0.980. The number of hydrogen-bond acceptors (Lipinski definition) is 2. The second-order valence-corrected chi connectivity index (χ2v) is 4.96. The molecule has 2 rings (SSSR count). The Labute approximate surface area is 124 Å². The quantitative estimate of drug-likeness (QED) is 0.812. The third-order valence-corrected chi connectivity index (χ3v) is 3.05. The van der Waals surface area contributed by atoms with Crippen molar-refractivity contribution in [1.29, 1.82) is 0 Å². The van der Waals surface area contributed by atoms with E-state index in [0.29, 0.717) is 0 Å². The predicted octanol–water partition coefficient (Wildman–Crippen LogP) is 4.17. The van der Waals surface area contributed by atoms with Crippen LogP contribution in [0.1, 0.15) is 10.4 Å². The van der Waals surface area contributed by atoms with Gasteiger partial charge in [-0.2, -0.15) is 0 Å². The maximum Gasteiger partial charge on any atom is 0.259 e. The van der Waals surface area contributed by atoms with E-state index in [9.17, 15) is 18.0 Å². The van der Waals surface area contributed by atoms with Crippen molar-refractivity contribution in [3.63, 3.8) is 0 Å². The van der Waals surface area contributed by atoms with Gasteiger partial charge in [-0.1, -0.05) is 27.5 Å². The zero-order valence-corrected chi connectivity index (χ0v) is 11.9. The second kappa shape index (κ2) is 5.80. The molecular weight excluding hydrogens is 360 g/mol. The van der Waals surface area contributed by atoms with Crippen LogP contribution in [0, 0.1) is 17.5 Å². The number of anilines is 1. The smallest absolute Gasteiger partial charge is 0.259 e. The van der Waals surface area contributed by atoms with Crippen LogP contribution >= 0.6 is 27.5 Å². The summed E-state index contributed by atoms with van der Waals surface area (Å²) >= 11 is 8.53. The van der Waals surface area contributed by atoms with Gasteiger partial charge in [-0.25, -0.2) is 18.2 Å². The predicted molar refractivity (Wildman–Crippen MR) is 71.2 cm³/mol. The third kappa shape index (κ3) is 3.10. The number of benzene rings is 1. The Balaban J connectivity index is 2.35.